The molecule has 0 bridgehead atoms. The molecule has 188 valence electrons. The molecule has 1 fully saturated rings. The molecule has 2 aromatic heterocycles. The number of halogens is 2. The number of carbonyl (C=O) groups is 2. The van der Waals surface area contributed by atoms with Crippen LogP contribution in [-0.2, 0) is 23.2 Å². The van der Waals surface area contributed by atoms with Gasteiger partial charge in [-0.15, -0.1) is 5.10 Å². The number of aliphatic carboxylic acids is 1. The van der Waals surface area contributed by atoms with Crippen molar-refractivity contribution < 1.29 is 28.2 Å². The molecule has 1 saturated carbocycles. The Morgan fingerprint density at radius 2 is 2.09 bits per heavy atom. The maximum atomic E-state index is 13.0. The molecule has 1 aliphatic rings. The molecule has 1 N–H and O–H groups in total. The molecule has 9 nitrogen and oxygen atoms in total. The number of hydrogen-bond acceptors (Lipinski definition) is 6. The Labute approximate surface area is 202 Å². The molecule has 2 heterocycles. The number of rotatable bonds is 7. The summed E-state index contributed by atoms with van der Waals surface area (Å²) >= 11 is 0. The number of aromatic nitrogens is 4. The quantitative estimate of drug-likeness (QED) is 0.591. The van der Waals surface area contributed by atoms with E-state index >= 15 is 0 Å². The zero-order valence-electron chi connectivity index (χ0n) is 20.2. The van der Waals surface area contributed by atoms with Crippen molar-refractivity contribution >= 4 is 12.1 Å². The highest BCUT2D eigenvalue weighted by Gasteiger charge is 2.31. The van der Waals surface area contributed by atoms with Crippen molar-refractivity contribution in [3.8, 4) is 23.2 Å². The number of carbonyl (C=O) groups excluding carboxylic acids is 1. The first-order valence-corrected chi connectivity index (χ1v) is 11.3. The Bertz CT molecular complexity index is 1150. The summed E-state index contributed by atoms with van der Waals surface area (Å²) in [5.74, 6) is 1.88. The van der Waals surface area contributed by atoms with Crippen LogP contribution in [0.25, 0.3) is 11.4 Å². The van der Waals surface area contributed by atoms with Gasteiger partial charge in [0, 0.05) is 38.5 Å². The minimum absolute atomic E-state index is 0.143. The van der Waals surface area contributed by atoms with Gasteiger partial charge in [-0.3, -0.25) is 9.78 Å². The van der Waals surface area contributed by atoms with Gasteiger partial charge in [-0.2, -0.15) is 0 Å². The lowest BCUT2D eigenvalue weighted by atomic mass is 9.96. The summed E-state index contributed by atoms with van der Waals surface area (Å²) in [5.41, 5.74) is 2.76. The second-order valence-electron chi connectivity index (χ2n) is 8.89. The highest BCUT2D eigenvalue weighted by Crippen LogP contribution is 2.31. The van der Waals surface area contributed by atoms with Gasteiger partial charge in [0.15, 0.2) is 0 Å². The lowest BCUT2D eigenvalue weighted by Gasteiger charge is -2.19. The molecule has 35 heavy (non-hydrogen) atoms. The van der Waals surface area contributed by atoms with Crippen LogP contribution in [0.4, 0.5) is 13.6 Å². The molecule has 0 aliphatic heterocycles. The minimum atomic E-state index is -2.87. The number of alkyl halides is 2. The molecule has 0 unspecified atom stereocenters. The lowest BCUT2D eigenvalue weighted by molar-refractivity contribution is -0.142. The van der Waals surface area contributed by atoms with Gasteiger partial charge < -0.3 is 14.7 Å². The topological polar surface area (TPSA) is 110 Å². The molecule has 1 amide bonds. The summed E-state index contributed by atoms with van der Waals surface area (Å²) in [6.07, 6.45) is 1.07. The molecule has 11 heteroatoms. The number of ether oxygens (including phenoxy) is 1. The lowest BCUT2D eigenvalue weighted by Crippen LogP contribution is -2.31. The number of pyridine rings is 1. The molecule has 0 spiro atoms. The molecule has 0 radical (unpaired) electrons. The van der Waals surface area contributed by atoms with Crippen LogP contribution in [-0.4, -0.2) is 61.6 Å². The van der Waals surface area contributed by atoms with Crippen LogP contribution in [0.3, 0.4) is 0 Å². The first kappa shape index (κ1) is 26.1. The van der Waals surface area contributed by atoms with Crippen molar-refractivity contribution in [2.75, 3.05) is 13.6 Å². The summed E-state index contributed by atoms with van der Waals surface area (Å²) in [4.78, 5) is 29.2. The Morgan fingerprint density at radius 3 is 2.74 bits per heavy atom. The monoisotopic (exact) mass is 489 g/mol. The first-order valence-electron chi connectivity index (χ1n) is 11.3. The van der Waals surface area contributed by atoms with E-state index in [4.69, 9.17) is 4.74 Å². The van der Waals surface area contributed by atoms with E-state index in [1.165, 1.54) is 11.7 Å². The van der Waals surface area contributed by atoms with Crippen molar-refractivity contribution in [3.63, 3.8) is 0 Å². The number of carboxylic acids is 1. The number of aryl methyl sites for hydroxylation is 2. The fraction of sp³-hybridized carbons (Fsp3) is 0.542. The zero-order valence-corrected chi connectivity index (χ0v) is 20.2. The molecule has 3 rings (SSSR count). The Morgan fingerprint density at radius 1 is 1.34 bits per heavy atom. The third-order valence-corrected chi connectivity index (χ3v) is 6.03. The predicted octanol–water partition coefficient (Wildman–Crippen LogP) is 3.65. The number of hydrogen-bond donors (Lipinski definition) is 1. The van der Waals surface area contributed by atoms with E-state index in [0.29, 0.717) is 34.8 Å². The van der Waals surface area contributed by atoms with Crippen LogP contribution < -0.4 is 0 Å². The second kappa shape index (κ2) is 10.8. The Balaban J connectivity index is 1.71. The van der Waals surface area contributed by atoms with E-state index in [1.807, 2.05) is 0 Å². The molecular formula is C24H29F2N5O4. The van der Waals surface area contributed by atoms with E-state index in [0.717, 1.165) is 24.7 Å². The number of amides is 1. The number of nitrogens with zero attached hydrogens (tertiary/aromatic N) is 5. The zero-order chi connectivity index (χ0) is 25.8. The third-order valence-electron chi connectivity index (χ3n) is 6.03. The molecular weight excluding hydrogens is 460 g/mol. The molecule has 0 saturated heterocycles. The summed E-state index contributed by atoms with van der Waals surface area (Å²) in [6, 6.07) is 3.52. The average Bonchev–Trinajstić information content (AvgIpc) is 3.41. The molecule has 2 atom stereocenters. The molecule has 2 aromatic rings. The van der Waals surface area contributed by atoms with Gasteiger partial charge in [0.1, 0.15) is 18.0 Å². The molecule has 0 aromatic carbocycles. The highest BCUT2D eigenvalue weighted by atomic mass is 19.3. The Hall–Kier alpha value is -3.55. The van der Waals surface area contributed by atoms with E-state index in [1.54, 1.807) is 26.1 Å². The fourth-order valence-electron chi connectivity index (χ4n) is 3.86. The van der Waals surface area contributed by atoms with Gasteiger partial charge in [-0.05, 0) is 38.8 Å². The van der Waals surface area contributed by atoms with Gasteiger partial charge in [-0.1, -0.05) is 23.5 Å². The normalized spacial score (nSPS) is 17.5. The van der Waals surface area contributed by atoms with Crippen LogP contribution in [0.5, 0.6) is 0 Å². The van der Waals surface area contributed by atoms with Crippen molar-refractivity contribution in [2.24, 2.45) is 18.9 Å². The van der Waals surface area contributed by atoms with Crippen molar-refractivity contribution in [1.82, 2.24) is 24.9 Å². The number of carboxylic acid groups (broad SMARTS) is 1. The van der Waals surface area contributed by atoms with E-state index in [2.05, 4.69) is 27.1 Å². The van der Waals surface area contributed by atoms with Gasteiger partial charge in [0.05, 0.1) is 17.3 Å². The largest absolute Gasteiger partial charge is 0.481 e. The van der Waals surface area contributed by atoms with Crippen LogP contribution in [0.2, 0.25) is 0 Å². The van der Waals surface area contributed by atoms with E-state index in [9.17, 15) is 23.5 Å². The predicted molar refractivity (Wildman–Crippen MR) is 122 cm³/mol. The van der Waals surface area contributed by atoms with Crippen LogP contribution >= 0.6 is 0 Å². The average molecular weight is 490 g/mol. The van der Waals surface area contributed by atoms with Crippen LogP contribution in [0.15, 0.2) is 12.1 Å². The summed E-state index contributed by atoms with van der Waals surface area (Å²) in [7, 11) is 3.04. The fourth-order valence-corrected chi connectivity index (χ4v) is 3.86. The smallest absolute Gasteiger partial charge is 0.409 e. The second-order valence-corrected chi connectivity index (χ2v) is 8.89. The molecule has 1 aliphatic carbocycles. The van der Waals surface area contributed by atoms with Crippen molar-refractivity contribution in [2.45, 2.75) is 52.1 Å². The summed E-state index contributed by atoms with van der Waals surface area (Å²) in [6.45, 7) is 2.29. The van der Waals surface area contributed by atoms with Gasteiger partial charge >= 0.3 is 12.1 Å². The first-order chi connectivity index (χ1) is 16.5. The maximum Gasteiger partial charge on any atom is 0.409 e. The highest BCUT2D eigenvalue weighted by molar-refractivity contribution is 5.71. The van der Waals surface area contributed by atoms with E-state index in [-0.39, 0.29) is 19.1 Å². The van der Waals surface area contributed by atoms with Gasteiger partial charge in [-0.25, -0.2) is 18.3 Å². The minimum Gasteiger partial charge on any atom is -0.481 e. The standard InChI is InChI=1S/C24H29F2N5O4/c1-15-16(8-9-17-6-5-7-18(17)22(32)33)10-11-19(27-15)21-20(31(4)29-28-21)14-35-23(34)30(3)13-12-24(2,25)26/h10-11,17-18H,5-7,12-14H2,1-4H3,(H,32,33)/t17-,18+/m0/s1. The van der Waals surface area contributed by atoms with E-state index < -0.39 is 30.3 Å². The maximum absolute atomic E-state index is 13.0. The van der Waals surface area contributed by atoms with Crippen molar-refractivity contribution in [1.29, 1.82) is 0 Å². The third kappa shape index (κ3) is 6.74. The van der Waals surface area contributed by atoms with Gasteiger partial charge in [0.25, 0.3) is 0 Å². The summed E-state index contributed by atoms with van der Waals surface area (Å²) < 4.78 is 32.8. The SMILES string of the molecule is Cc1nc(-c2nnn(C)c2COC(=O)N(C)CCC(C)(F)F)ccc1C#C[C@@H]1CCC[C@H]1C(=O)O. The van der Waals surface area contributed by atoms with Crippen LogP contribution in [0, 0.1) is 30.6 Å². The summed E-state index contributed by atoms with van der Waals surface area (Å²) in [5, 5.41) is 17.5. The van der Waals surface area contributed by atoms with Gasteiger partial charge in [0.2, 0.25) is 5.92 Å². The van der Waals surface area contributed by atoms with Crippen molar-refractivity contribution in [3.05, 3.63) is 29.1 Å². The van der Waals surface area contributed by atoms with Crippen LogP contribution in [0.1, 0.15) is 49.6 Å². The Kier molecular flexibility index (Phi) is 8.04.